The third-order valence-electron chi connectivity index (χ3n) is 7.85. The summed E-state index contributed by atoms with van der Waals surface area (Å²) in [5, 5.41) is 7.89. The summed E-state index contributed by atoms with van der Waals surface area (Å²) in [6.45, 7) is 4.26. The maximum atomic E-state index is 5.60. The molecule has 1 N–H and O–H groups in total. The van der Waals surface area contributed by atoms with Gasteiger partial charge in [0, 0.05) is 17.1 Å². The average Bonchev–Trinajstić information content (AvgIpc) is 3.27. The number of hydrogen-bond acceptors (Lipinski definition) is 5. The van der Waals surface area contributed by atoms with Crippen molar-refractivity contribution in [3.8, 4) is 16.9 Å². The molecule has 0 aliphatic heterocycles. The minimum absolute atomic E-state index is 0.106. The minimum atomic E-state index is 0.106. The molecule has 1 aromatic heterocycles. The fourth-order valence-electron chi connectivity index (χ4n) is 5.69. The van der Waals surface area contributed by atoms with E-state index in [1.54, 1.807) is 7.11 Å². The summed E-state index contributed by atoms with van der Waals surface area (Å²) < 4.78 is 11.0. The molecule has 5 heteroatoms. The predicted molar refractivity (Wildman–Crippen MR) is 122 cm³/mol. The van der Waals surface area contributed by atoms with Gasteiger partial charge in [-0.1, -0.05) is 29.4 Å². The highest BCUT2D eigenvalue weighted by Gasteiger charge is 2.53. The van der Waals surface area contributed by atoms with Gasteiger partial charge in [-0.15, -0.1) is 0 Å². The Morgan fingerprint density at radius 1 is 0.968 bits per heavy atom. The Bertz CT molecular complexity index is 1050. The lowest BCUT2D eigenvalue weighted by Crippen LogP contribution is -2.51. The molecule has 2 aromatic carbocycles. The minimum Gasteiger partial charge on any atom is -0.497 e. The van der Waals surface area contributed by atoms with E-state index in [0.717, 1.165) is 36.7 Å². The molecule has 1 atom stereocenters. The molecule has 3 aromatic rings. The number of anilines is 1. The standard InChI is InChI=1S/C26H31N3O2/c1-18(25-10-13-26(14-11-25,15-12-25)24-28-19(2)29-31-24)27-22-8-4-6-20(16-22)21-7-5-9-23(17-21)30-3/h4-9,16-18,27H,10-15H2,1-3H3. The van der Waals surface area contributed by atoms with E-state index in [2.05, 4.69) is 58.8 Å². The molecule has 0 spiro atoms. The fourth-order valence-corrected chi connectivity index (χ4v) is 5.69. The van der Waals surface area contributed by atoms with Crippen LogP contribution in [-0.4, -0.2) is 23.3 Å². The van der Waals surface area contributed by atoms with E-state index >= 15 is 0 Å². The van der Waals surface area contributed by atoms with Crippen LogP contribution in [0.1, 0.15) is 57.2 Å². The molecule has 0 saturated heterocycles. The molecule has 3 aliphatic rings. The van der Waals surface area contributed by atoms with Crippen molar-refractivity contribution in [3.05, 3.63) is 60.2 Å². The molecule has 2 bridgehead atoms. The van der Waals surface area contributed by atoms with Crippen molar-refractivity contribution in [1.29, 1.82) is 0 Å². The number of methoxy groups -OCH3 is 1. The van der Waals surface area contributed by atoms with Crippen LogP contribution in [0, 0.1) is 12.3 Å². The van der Waals surface area contributed by atoms with Crippen molar-refractivity contribution >= 4 is 5.69 Å². The van der Waals surface area contributed by atoms with Gasteiger partial charge in [0.05, 0.1) is 7.11 Å². The molecule has 0 amide bonds. The molecule has 31 heavy (non-hydrogen) atoms. The summed E-state index contributed by atoms with van der Waals surface area (Å²) in [6, 6.07) is 17.4. The number of ether oxygens (including phenoxy) is 1. The molecule has 0 radical (unpaired) electrons. The second-order valence-corrected chi connectivity index (χ2v) is 9.47. The van der Waals surface area contributed by atoms with Crippen molar-refractivity contribution in [1.82, 2.24) is 10.1 Å². The molecule has 1 heterocycles. The van der Waals surface area contributed by atoms with E-state index in [4.69, 9.17) is 9.26 Å². The highest BCUT2D eigenvalue weighted by atomic mass is 16.5. The predicted octanol–water partition coefficient (Wildman–Crippen LogP) is 6.15. The Balaban J connectivity index is 1.31. The first-order valence-corrected chi connectivity index (χ1v) is 11.3. The van der Waals surface area contributed by atoms with Crippen molar-refractivity contribution in [2.24, 2.45) is 5.41 Å². The maximum absolute atomic E-state index is 5.60. The zero-order chi connectivity index (χ0) is 21.5. The van der Waals surface area contributed by atoms with Gasteiger partial charge in [0.15, 0.2) is 5.82 Å². The van der Waals surface area contributed by atoms with Gasteiger partial charge < -0.3 is 14.6 Å². The van der Waals surface area contributed by atoms with Crippen LogP contribution in [0.5, 0.6) is 5.75 Å². The van der Waals surface area contributed by atoms with E-state index < -0.39 is 0 Å². The topological polar surface area (TPSA) is 60.2 Å². The lowest BCUT2D eigenvalue weighted by Gasteiger charge is -2.54. The van der Waals surface area contributed by atoms with Crippen molar-refractivity contribution < 1.29 is 9.26 Å². The van der Waals surface area contributed by atoms with E-state index in [9.17, 15) is 0 Å². The number of aromatic nitrogens is 2. The van der Waals surface area contributed by atoms with Crippen LogP contribution in [0.2, 0.25) is 0 Å². The van der Waals surface area contributed by atoms with E-state index in [-0.39, 0.29) is 5.41 Å². The Labute approximate surface area is 184 Å². The highest BCUT2D eigenvalue weighted by Crippen LogP contribution is 2.59. The summed E-state index contributed by atoms with van der Waals surface area (Å²) in [4.78, 5) is 4.59. The van der Waals surface area contributed by atoms with Crippen molar-refractivity contribution in [3.63, 3.8) is 0 Å². The Kier molecular flexibility index (Phi) is 4.99. The summed E-state index contributed by atoms with van der Waals surface area (Å²) >= 11 is 0. The Hall–Kier alpha value is -2.82. The zero-order valence-electron chi connectivity index (χ0n) is 18.6. The fraction of sp³-hybridized carbons (Fsp3) is 0.462. The molecule has 1 unspecified atom stereocenters. The normalized spacial score (nSPS) is 25.9. The first-order valence-electron chi connectivity index (χ1n) is 11.3. The van der Waals surface area contributed by atoms with Gasteiger partial charge in [-0.05, 0) is 93.2 Å². The van der Waals surface area contributed by atoms with Gasteiger partial charge in [-0.2, -0.15) is 4.98 Å². The quantitative estimate of drug-likeness (QED) is 0.521. The van der Waals surface area contributed by atoms with Gasteiger partial charge in [0.25, 0.3) is 0 Å². The number of aryl methyl sites for hydroxylation is 1. The molecule has 3 saturated carbocycles. The number of fused-ring (bicyclic) bond motifs is 3. The smallest absolute Gasteiger partial charge is 0.232 e. The van der Waals surface area contributed by atoms with Crippen molar-refractivity contribution in [2.75, 3.05) is 12.4 Å². The third kappa shape index (κ3) is 3.60. The van der Waals surface area contributed by atoms with E-state index in [1.807, 2.05) is 19.1 Å². The zero-order valence-corrected chi connectivity index (χ0v) is 18.6. The lowest BCUT2D eigenvalue weighted by molar-refractivity contribution is 0.0126. The number of hydrogen-bond donors (Lipinski definition) is 1. The molecular weight excluding hydrogens is 386 g/mol. The van der Waals surface area contributed by atoms with Crippen LogP contribution >= 0.6 is 0 Å². The summed E-state index contributed by atoms with van der Waals surface area (Å²) in [5.74, 6) is 2.50. The monoisotopic (exact) mass is 417 g/mol. The first-order chi connectivity index (χ1) is 15.0. The molecule has 3 aliphatic carbocycles. The second kappa shape index (κ2) is 7.70. The highest BCUT2D eigenvalue weighted by molar-refractivity contribution is 5.69. The van der Waals surface area contributed by atoms with Crippen LogP contribution in [0.25, 0.3) is 11.1 Å². The molecular formula is C26H31N3O2. The summed E-state index contributed by atoms with van der Waals surface area (Å²) in [6.07, 6.45) is 7.05. The van der Waals surface area contributed by atoms with Crippen LogP contribution in [0.4, 0.5) is 5.69 Å². The van der Waals surface area contributed by atoms with Crippen LogP contribution in [0.3, 0.4) is 0 Å². The van der Waals surface area contributed by atoms with Crippen LogP contribution in [0.15, 0.2) is 53.1 Å². The van der Waals surface area contributed by atoms with Crippen molar-refractivity contribution in [2.45, 2.75) is 63.8 Å². The molecule has 3 fully saturated rings. The van der Waals surface area contributed by atoms with E-state index in [0.29, 0.717) is 11.5 Å². The molecule has 6 rings (SSSR count). The number of benzene rings is 2. The van der Waals surface area contributed by atoms with Gasteiger partial charge in [-0.3, -0.25) is 0 Å². The largest absolute Gasteiger partial charge is 0.497 e. The van der Waals surface area contributed by atoms with Gasteiger partial charge in [0.2, 0.25) is 5.89 Å². The average molecular weight is 418 g/mol. The van der Waals surface area contributed by atoms with Gasteiger partial charge >= 0.3 is 0 Å². The maximum Gasteiger partial charge on any atom is 0.232 e. The van der Waals surface area contributed by atoms with Gasteiger partial charge in [-0.25, -0.2) is 0 Å². The second-order valence-electron chi connectivity index (χ2n) is 9.47. The number of rotatable bonds is 6. The number of nitrogens with one attached hydrogen (secondary N) is 1. The van der Waals surface area contributed by atoms with Crippen LogP contribution in [-0.2, 0) is 5.41 Å². The van der Waals surface area contributed by atoms with E-state index in [1.165, 1.54) is 36.1 Å². The summed E-state index contributed by atoms with van der Waals surface area (Å²) in [5.41, 5.74) is 3.99. The van der Waals surface area contributed by atoms with Gasteiger partial charge in [0.1, 0.15) is 5.75 Å². The molecule has 162 valence electrons. The Morgan fingerprint density at radius 3 is 2.29 bits per heavy atom. The third-order valence-corrected chi connectivity index (χ3v) is 7.85. The SMILES string of the molecule is COc1cccc(-c2cccc(NC(C)C34CCC(c5nc(C)no5)(CC3)CC4)c2)c1. The first kappa shape index (κ1) is 20.1. The van der Waals surface area contributed by atoms with Crippen LogP contribution < -0.4 is 10.1 Å². The lowest BCUT2D eigenvalue weighted by atomic mass is 9.51. The Morgan fingerprint density at radius 2 is 1.65 bits per heavy atom. The molecule has 5 nitrogen and oxygen atoms in total. The number of nitrogens with zero attached hydrogens (tertiary/aromatic N) is 2. The summed E-state index contributed by atoms with van der Waals surface area (Å²) in [7, 11) is 1.71.